The van der Waals surface area contributed by atoms with Crippen molar-refractivity contribution in [1.82, 2.24) is 9.97 Å². The second-order valence-corrected chi connectivity index (χ2v) is 3.86. The minimum absolute atomic E-state index is 0.186. The molecule has 1 aromatic carbocycles. The fraction of sp³-hybridized carbons (Fsp3) is 0.167. The number of aromatic nitrogens is 2. The highest BCUT2D eigenvalue weighted by molar-refractivity contribution is 6.32. The van der Waals surface area contributed by atoms with Gasteiger partial charge >= 0.3 is 0 Å². The summed E-state index contributed by atoms with van der Waals surface area (Å²) in [6, 6.07) is 3.89. The zero-order chi connectivity index (χ0) is 13.0. The van der Waals surface area contributed by atoms with Gasteiger partial charge in [0.1, 0.15) is 17.4 Å². The predicted octanol–water partition coefficient (Wildman–Crippen LogP) is 3.49. The molecule has 0 atom stereocenters. The average molecular weight is 268 g/mol. The van der Waals surface area contributed by atoms with Crippen molar-refractivity contribution in [1.29, 1.82) is 0 Å². The van der Waals surface area contributed by atoms with Gasteiger partial charge in [-0.2, -0.15) is 4.98 Å². The summed E-state index contributed by atoms with van der Waals surface area (Å²) in [6.07, 6.45) is 3.04. The highest BCUT2D eigenvalue weighted by atomic mass is 35.5. The van der Waals surface area contributed by atoms with Crippen LogP contribution in [0.4, 0.5) is 10.2 Å². The van der Waals surface area contributed by atoms with E-state index in [2.05, 4.69) is 15.3 Å². The maximum atomic E-state index is 12.9. The zero-order valence-corrected chi connectivity index (χ0v) is 10.4. The molecule has 0 aliphatic heterocycles. The summed E-state index contributed by atoms with van der Waals surface area (Å²) in [6.45, 7) is 2.68. The number of hydrogen-bond acceptors (Lipinski definition) is 4. The lowest BCUT2D eigenvalue weighted by Gasteiger charge is -2.07. The Bertz CT molecular complexity index is 551. The van der Waals surface area contributed by atoms with Gasteiger partial charge in [-0.25, -0.2) is 4.39 Å². The van der Waals surface area contributed by atoms with Crippen molar-refractivity contribution < 1.29 is 9.13 Å². The maximum Gasteiger partial charge on any atom is 0.239 e. The summed E-state index contributed by atoms with van der Waals surface area (Å²) < 4.78 is 18.3. The number of benzene rings is 1. The minimum atomic E-state index is -0.417. The first kappa shape index (κ1) is 12.6. The Kier molecular flexibility index (Phi) is 3.94. The first-order valence-corrected chi connectivity index (χ1v) is 5.75. The molecule has 0 saturated carbocycles. The van der Waals surface area contributed by atoms with E-state index in [0.717, 1.165) is 6.54 Å². The summed E-state index contributed by atoms with van der Waals surface area (Å²) in [7, 11) is 0. The maximum absolute atomic E-state index is 12.9. The van der Waals surface area contributed by atoms with Crippen molar-refractivity contribution >= 4 is 17.4 Å². The molecule has 6 heteroatoms. The molecule has 0 bridgehead atoms. The van der Waals surface area contributed by atoms with Crippen LogP contribution in [0.3, 0.4) is 0 Å². The molecular formula is C12H11ClFN3O. The third-order valence-corrected chi connectivity index (χ3v) is 2.37. The molecule has 2 rings (SSSR count). The highest BCUT2D eigenvalue weighted by Gasteiger charge is 2.06. The fourth-order valence-corrected chi connectivity index (χ4v) is 1.54. The number of rotatable bonds is 4. The molecular weight excluding hydrogens is 257 g/mol. The molecule has 0 radical (unpaired) electrons. The van der Waals surface area contributed by atoms with Gasteiger partial charge in [-0.3, -0.25) is 4.98 Å². The van der Waals surface area contributed by atoms with Crippen LogP contribution in [0.1, 0.15) is 6.92 Å². The Hall–Kier alpha value is -1.88. The monoisotopic (exact) mass is 267 g/mol. The molecule has 0 saturated heterocycles. The van der Waals surface area contributed by atoms with E-state index in [1.807, 2.05) is 6.92 Å². The summed E-state index contributed by atoms with van der Waals surface area (Å²) >= 11 is 5.85. The Morgan fingerprint density at radius 1 is 1.39 bits per heavy atom. The quantitative estimate of drug-likeness (QED) is 0.921. The largest absolute Gasteiger partial charge is 0.436 e. The second-order valence-electron chi connectivity index (χ2n) is 3.45. The van der Waals surface area contributed by atoms with Crippen LogP contribution in [0.5, 0.6) is 11.6 Å². The van der Waals surface area contributed by atoms with E-state index in [1.54, 1.807) is 6.20 Å². The average Bonchev–Trinajstić information content (AvgIpc) is 2.34. The second kappa shape index (κ2) is 5.64. The topological polar surface area (TPSA) is 47.0 Å². The summed E-state index contributed by atoms with van der Waals surface area (Å²) in [5, 5.41) is 3.20. The van der Waals surface area contributed by atoms with Gasteiger partial charge in [0.25, 0.3) is 0 Å². The first-order valence-electron chi connectivity index (χ1n) is 5.38. The molecule has 0 aliphatic rings. The van der Waals surface area contributed by atoms with E-state index in [1.165, 1.54) is 24.4 Å². The van der Waals surface area contributed by atoms with Crippen LogP contribution >= 0.6 is 11.6 Å². The lowest BCUT2D eigenvalue weighted by atomic mass is 10.3. The van der Waals surface area contributed by atoms with Gasteiger partial charge in [-0.05, 0) is 25.1 Å². The third kappa shape index (κ3) is 3.07. The number of anilines is 1. The molecule has 4 nitrogen and oxygen atoms in total. The number of nitrogens with one attached hydrogen (secondary N) is 1. The summed E-state index contributed by atoms with van der Waals surface area (Å²) in [5.41, 5.74) is 0. The lowest BCUT2D eigenvalue weighted by molar-refractivity contribution is 0.459. The number of ether oxygens (including phenoxy) is 1. The Labute approximate surface area is 109 Å². The summed E-state index contributed by atoms with van der Waals surface area (Å²) in [5.74, 6) is 0.816. The van der Waals surface area contributed by atoms with E-state index in [4.69, 9.17) is 16.3 Å². The highest BCUT2D eigenvalue weighted by Crippen LogP contribution is 2.28. The van der Waals surface area contributed by atoms with Crippen LogP contribution in [-0.4, -0.2) is 16.5 Å². The van der Waals surface area contributed by atoms with E-state index in [0.29, 0.717) is 17.4 Å². The van der Waals surface area contributed by atoms with Gasteiger partial charge in [-0.15, -0.1) is 0 Å². The molecule has 0 unspecified atom stereocenters. The molecule has 94 valence electrons. The van der Waals surface area contributed by atoms with Crippen LogP contribution in [0.15, 0.2) is 30.6 Å². The van der Waals surface area contributed by atoms with Crippen LogP contribution in [0, 0.1) is 5.82 Å². The first-order chi connectivity index (χ1) is 8.69. The van der Waals surface area contributed by atoms with E-state index in [9.17, 15) is 4.39 Å². The summed E-state index contributed by atoms with van der Waals surface area (Å²) in [4.78, 5) is 8.15. The number of hydrogen-bond donors (Lipinski definition) is 1. The normalized spacial score (nSPS) is 10.2. The molecule has 2 aromatic rings. The van der Waals surface area contributed by atoms with Crippen molar-refractivity contribution in [3.63, 3.8) is 0 Å². The molecule has 1 N–H and O–H groups in total. The predicted molar refractivity (Wildman–Crippen MR) is 67.7 cm³/mol. The Balaban J connectivity index is 2.20. The van der Waals surface area contributed by atoms with E-state index in [-0.39, 0.29) is 5.02 Å². The van der Waals surface area contributed by atoms with Gasteiger partial charge in [0, 0.05) is 6.54 Å². The molecule has 0 amide bonds. The van der Waals surface area contributed by atoms with Crippen molar-refractivity contribution in [3.05, 3.63) is 41.4 Å². The molecule has 0 fully saturated rings. The standard InChI is InChI=1S/C12H11ClFN3O/c1-2-16-11-6-15-7-12(17-11)18-10-4-3-8(14)5-9(10)13/h3-7H,2H2,1H3,(H,16,17). The van der Waals surface area contributed by atoms with Gasteiger partial charge in [0.2, 0.25) is 5.88 Å². The van der Waals surface area contributed by atoms with Gasteiger partial charge in [0.05, 0.1) is 17.4 Å². The fourth-order valence-electron chi connectivity index (χ4n) is 1.33. The van der Waals surface area contributed by atoms with Crippen LogP contribution in [0.2, 0.25) is 5.02 Å². The smallest absolute Gasteiger partial charge is 0.239 e. The van der Waals surface area contributed by atoms with Crippen LogP contribution in [0.25, 0.3) is 0 Å². The lowest BCUT2D eigenvalue weighted by Crippen LogP contribution is -2.00. The van der Waals surface area contributed by atoms with Crippen LogP contribution < -0.4 is 10.1 Å². The SMILES string of the molecule is CCNc1cncc(Oc2ccc(F)cc2Cl)n1. The van der Waals surface area contributed by atoms with Crippen molar-refractivity contribution in [2.24, 2.45) is 0 Å². The minimum Gasteiger partial charge on any atom is -0.436 e. The van der Waals surface area contributed by atoms with Crippen molar-refractivity contribution in [2.75, 3.05) is 11.9 Å². The molecule has 18 heavy (non-hydrogen) atoms. The van der Waals surface area contributed by atoms with Crippen molar-refractivity contribution in [2.45, 2.75) is 6.92 Å². The number of halogens is 2. The van der Waals surface area contributed by atoms with Crippen molar-refractivity contribution in [3.8, 4) is 11.6 Å². The molecule has 1 heterocycles. The Morgan fingerprint density at radius 3 is 2.94 bits per heavy atom. The van der Waals surface area contributed by atoms with Gasteiger partial charge in [0.15, 0.2) is 0 Å². The molecule has 0 spiro atoms. The third-order valence-electron chi connectivity index (χ3n) is 2.08. The molecule has 1 aromatic heterocycles. The number of nitrogens with zero attached hydrogens (tertiary/aromatic N) is 2. The molecule has 0 aliphatic carbocycles. The van der Waals surface area contributed by atoms with Gasteiger partial charge < -0.3 is 10.1 Å². The Morgan fingerprint density at radius 2 is 2.22 bits per heavy atom. The van der Waals surface area contributed by atoms with Crippen LogP contribution in [-0.2, 0) is 0 Å². The zero-order valence-electron chi connectivity index (χ0n) is 9.65. The van der Waals surface area contributed by atoms with E-state index >= 15 is 0 Å². The van der Waals surface area contributed by atoms with E-state index < -0.39 is 5.82 Å². The van der Waals surface area contributed by atoms with Gasteiger partial charge in [-0.1, -0.05) is 11.6 Å².